The van der Waals surface area contributed by atoms with Crippen molar-refractivity contribution in [3.63, 3.8) is 0 Å². The van der Waals surface area contributed by atoms with E-state index in [1.54, 1.807) is 30.6 Å². The zero-order chi connectivity index (χ0) is 13.1. The monoisotopic (exact) mass is 305 g/mol. The molecule has 0 aromatic heterocycles. The molecule has 0 N–H and O–H groups in total. The third-order valence-corrected chi connectivity index (χ3v) is 3.15. The Kier molecular flexibility index (Phi) is 3.67. The van der Waals surface area contributed by atoms with Gasteiger partial charge in [0.2, 0.25) is 6.29 Å². The number of benzene rings is 2. The van der Waals surface area contributed by atoms with Crippen LogP contribution in [0.25, 0.3) is 0 Å². The lowest BCUT2D eigenvalue weighted by molar-refractivity contribution is 0.103. The van der Waals surface area contributed by atoms with Crippen molar-refractivity contribution < 1.29 is 14.0 Å². The van der Waals surface area contributed by atoms with Crippen LogP contribution >= 0.6 is 15.9 Å². The van der Waals surface area contributed by atoms with Gasteiger partial charge >= 0.3 is 0 Å². The Hall–Kier alpha value is -1.81. The SMILES string of the molecule is O=[C]c1ccc(F)cc1C(=O)c1ccccc1Br. The molecule has 0 aliphatic rings. The van der Waals surface area contributed by atoms with Crippen LogP contribution in [0.2, 0.25) is 0 Å². The minimum absolute atomic E-state index is 0.0110. The van der Waals surface area contributed by atoms with Crippen LogP contribution in [0, 0.1) is 5.82 Å². The van der Waals surface area contributed by atoms with Crippen molar-refractivity contribution in [2.75, 3.05) is 0 Å². The average Bonchev–Trinajstić information content (AvgIpc) is 2.38. The van der Waals surface area contributed by atoms with Gasteiger partial charge in [-0.05, 0) is 30.3 Å². The molecule has 0 amide bonds. The van der Waals surface area contributed by atoms with Gasteiger partial charge in [0, 0.05) is 21.2 Å². The normalized spacial score (nSPS) is 10.1. The second kappa shape index (κ2) is 5.23. The molecule has 0 spiro atoms. The molecular formula is C14H7BrFO2. The van der Waals surface area contributed by atoms with Gasteiger partial charge in [-0.25, -0.2) is 4.39 Å². The van der Waals surface area contributed by atoms with Gasteiger partial charge in [-0.1, -0.05) is 28.1 Å². The highest BCUT2D eigenvalue weighted by atomic mass is 79.9. The largest absolute Gasteiger partial charge is 0.289 e. The molecule has 2 aromatic carbocycles. The molecule has 0 aliphatic heterocycles. The zero-order valence-electron chi connectivity index (χ0n) is 9.11. The minimum atomic E-state index is -0.565. The van der Waals surface area contributed by atoms with Crippen molar-refractivity contribution in [3.05, 3.63) is 69.4 Å². The van der Waals surface area contributed by atoms with Crippen LogP contribution < -0.4 is 0 Å². The van der Waals surface area contributed by atoms with Gasteiger partial charge in [0.25, 0.3) is 0 Å². The molecule has 0 atom stereocenters. The number of rotatable bonds is 3. The molecule has 0 heterocycles. The first-order valence-corrected chi connectivity index (χ1v) is 5.89. The van der Waals surface area contributed by atoms with E-state index >= 15 is 0 Å². The minimum Gasteiger partial charge on any atom is -0.289 e. The molecule has 0 saturated carbocycles. The highest BCUT2D eigenvalue weighted by molar-refractivity contribution is 9.10. The molecule has 0 bridgehead atoms. The van der Waals surface area contributed by atoms with Crippen LogP contribution in [-0.4, -0.2) is 12.1 Å². The molecule has 4 heteroatoms. The summed E-state index contributed by atoms with van der Waals surface area (Å²) in [5.41, 5.74) is 0.439. The predicted octanol–water partition coefficient (Wildman–Crippen LogP) is 3.28. The molecule has 18 heavy (non-hydrogen) atoms. The fraction of sp³-hybridized carbons (Fsp3) is 0. The molecule has 2 nitrogen and oxygen atoms in total. The number of ketones is 1. The summed E-state index contributed by atoms with van der Waals surface area (Å²) < 4.78 is 13.8. The van der Waals surface area contributed by atoms with Crippen molar-refractivity contribution in [1.29, 1.82) is 0 Å². The Labute approximate surface area is 112 Å². The van der Waals surface area contributed by atoms with Crippen molar-refractivity contribution in [2.45, 2.75) is 0 Å². The van der Waals surface area contributed by atoms with E-state index in [0.717, 1.165) is 12.1 Å². The summed E-state index contributed by atoms with van der Waals surface area (Å²) in [6, 6.07) is 10.2. The van der Waals surface area contributed by atoms with E-state index in [4.69, 9.17) is 0 Å². The summed E-state index contributed by atoms with van der Waals surface area (Å²) >= 11 is 3.25. The van der Waals surface area contributed by atoms with Gasteiger partial charge in [-0.2, -0.15) is 0 Å². The predicted molar refractivity (Wildman–Crippen MR) is 68.8 cm³/mol. The molecule has 2 aromatic rings. The number of hydrogen-bond acceptors (Lipinski definition) is 2. The summed E-state index contributed by atoms with van der Waals surface area (Å²) in [6.07, 6.45) is 1.64. The first-order chi connectivity index (χ1) is 8.63. The van der Waals surface area contributed by atoms with Crippen molar-refractivity contribution in [3.8, 4) is 0 Å². The van der Waals surface area contributed by atoms with E-state index in [9.17, 15) is 14.0 Å². The van der Waals surface area contributed by atoms with Crippen LogP contribution in [0.15, 0.2) is 46.9 Å². The van der Waals surface area contributed by atoms with Crippen LogP contribution in [0.1, 0.15) is 21.5 Å². The Morgan fingerprint density at radius 1 is 1.11 bits per heavy atom. The highest BCUT2D eigenvalue weighted by Gasteiger charge is 2.16. The summed E-state index contributed by atoms with van der Waals surface area (Å²) in [7, 11) is 0. The fourth-order valence-corrected chi connectivity index (χ4v) is 2.05. The lowest BCUT2D eigenvalue weighted by atomic mass is 9.99. The van der Waals surface area contributed by atoms with E-state index < -0.39 is 11.6 Å². The first kappa shape index (κ1) is 12.6. The fourth-order valence-electron chi connectivity index (χ4n) is 1.58. The van der Waals surface area contributed by atoms with Gasteiger partial charge in [0.15, 0.2) is 5.78 Å². The van der Waals surface area contributed by atoms with Crippen LogP contribution in [0.5, 0.6) is 0 Å². The molecule has 1 radical (unpaired) electrons. The summed E-state index contributed by atoms with van der Waals surface area (Å²) in [5.74, 6) is -0.982. The molecule has 0 fully saturated rings. The Morgan fingerprint density at radius 3 is 2.50 bits per heavy atom. The second-order valence-corrected chi connectivity index (χ2v) is 4.46. The van der Waals surface area contributed by atoms with E-state index in [1.165, 1.54) is 6.07 Å². The number of carbonyl (C=O) groups is 1. The number of hydrogen-bond donors (Lipinski definition) is 0. The number of carbonyl (C=O) groups excluding carboxylic acids is 2. The molecule has 0 saturated heterocycles. The van der Waals surface area contributed by atoms with E-state index in [2.05, 4.69) is 15.9 Å². The summed E-state index contributed by atoms with van der Waals surface area (Å²) in [4.78, 5) is 23.0. The third kappa shape index (κ3) is 2.38. The highest BCUT2D eigenvalue weighted by Crippen LogP contribution is 2.21. The molecule has 0 unspecified atom stereocenters. The first-order valence-electron chi connectivity index (χ1n) is 5.10. The average molecular weight is 306 g/mol. The zero-order valence-corrected chi connectivity index (χ0v) is 10.7. The van der Waals surface area contributed by atoms with Gasteiger partial charge in [-0.15, -0.1) is 0 Å². The lowest BCUT2D eigenvalue weighted by Gasteiger charge is -2.05. The second-order valence-electron chi connectivity index (χ2n) is 3.60. The molecular weight excluding hydrogens is 299 g/mol. The molecule has 89 valence electrons. The summed E-state index contributed by atoms with van der Waals surface area (Å²) in [6.45, 7) is 0. The van der Waals surface area contributed by atoms with Crippen molar-refractivity contribution in [2.24, 2.45) is 0 Å². The van der Waals surface area contributed by atoms with Crippen molar-refractivity contribution >= 4 is 28.0 Å². The number of halogens is 2. The van der Waals surface area contributed by atoms with E-state index in [0.29, 0.717) is 10.0 Å². The van der Waals surface area contributed by atoms with Gasteiger partial charge in [0.1, 0.15) is 5.82 Å². The van der Waals surface area contributed by atoms with Gasteiger partial charge < -0.3 is 0 Å². The van der Waals surface area contributed by atoms with Crippen LogP contribution in [-0.2, 0) is 4.79 Å². The standard InChI is InChI=1S/C14H7BrFO2/c15-13-4-2-1-3-11(13)14(18)12-7-10(16)6-5-9(12)8-17/h1-7H. The van der Waals surface area contributed by atoms with Gasteiger partial charge in [0.05, 0.1) is 0 Å². The maximum Gasteiger partial charge on any atom is 0.234 e. The third-order valence-electron chi connectivity index (χ3n) is 2.45. The Balaban J connectivity index is 2.56. The van der Waals surface area contributed by atoms with E-state index in [-0.39, 0.29) is 11.1 Å². The molecule has 0 aliphatic carbocycles. The Bertz CT molecular complexity index is 623. The smallest absolute Gasteiger partial charge is 0.234 e. The lowest BCUT2D eigenvalue weighted by Crippen LogP contribution is -2.06. The maximum atomic E-state index is 13.2. The molecule has 2 rings (SSSR count). The van der Waals surface area contributed by atoms with Crippen LogP contribution in [0.3, 0.4) is 0 Å². The van der Waals surface area contributed by atoms with Gasteiger partial charge in [-0.3, -0.25) is 9.59 Å². The quantitative estimate of drug-likeness (QED) is 0.816. The van der Waals surface area contributed by atoms with Crippen LogP contribution in [0.4, 0.5) is 4.39 Å². The Morgan fingerprint density at radius 2 is 1.83 bits per heavy atom. The maximum absolute atomic E-state index is 13.2. The topological polar surface area (TPSA) is 34.1 Å². The van der Waals surface area contributed by atoms with Crippen molar-refractivity contribution in [1.82, 2.24) is 0 Å². The summed E-state index contributed by atoms with van der Waals surface area (Å²) in [5, 5.41) is 0. The van der Waals surface area contributed by atoms with E-state index in [1.807, 2.05) is 0 Å².